The summed E-state index contributed by atoms with van der Waals surface area (Å²) in [5.41, 5.74) is 0. The minimum atomic E-state index is 0.245. The Balaban J connectivity index is 4.04. The number of nitrogens with zero attached hydrogens (tertiary/aromatic N) is 2. The van der Waals surface area contributed by atoms with Gasteiger partial charge in [-0.2, -0.15) is 0 Å². The van der Waals surface area contributed by atoms with Crippen LogP contribution in [0.3, 0.4) is 0 Å². The van der Waals surface area contributed by atoms with Gasteiger partial charge in [0, 0.05) is 14.1 Å². The first-order chi connectivity index (χ1) is 3.72. The molecular formula is C4H6Cl2N2. The number of aliphatic imine (C=N–C) groups is 2. The third-order valence-corrected chi connectivity index (χ3v) is 1.36. The van der Waals surface area contributed by atoms with Crippen LogP contribution in [0.25, 0.3) is 0 Å². The molecule has 0 atom stereocenters. The zero-order chi connectivity index (χ0) is 6.57. The van der Waals surface area contributed by atoms with Crippen molar-refractivity contribution in [3.05, 3.63) is 0 Å². The Morgan fingerprint density at radius 1 is 1.00 bits per heavy atom. The molecule has 0 spiro atoms. The molecule has 2 nitrogen and oxygen atoms in total. The summed E-state index contributed by atoms with van der Waals surface area (Å²) < 4.78 is 0. The van der Waals surface area contributed by atoms with E-state index in [9.17, 15) is 0 Å². The van der Waals surface area contributed by atoms with Gasteiger partial charge in [-0.3, -0.25) is 9.98 Å². The Labute approximate surface area is 58.2 Å². The van der Waals surface area contributed by atoms with Gasteiger partial charge in [-0.15, -0.1) is 0 Å². The Morgan fingerprint density at radius 2 is 1.25 bits per heavy atom. The molecule has 0 aliphatic heterocycles. The highest BCUT2D eigenvalue weighted by Gasteiger charge is 1.95. The Kier molecular flexibility index (Phi) is 3.83. The highest BCUT2D eigenvalue weighted by atomic mass is 35.5. The van der Waals surface area contributed by atoms with Crippen molar-refractivity contribution in [1.29, 1.82) is 0 Å². The molecular weight excluding hydrogens is 147 g/mol. The van der Waals surface area contributed by atoms with Gasteiger partial charge in [-0.1, -0.05) is 23.2 Å². The van der Waals surface area contributed by atoms with Crippen molar-refractivity contribution in [2.24, 2.45) is 9.98 Å². The van der Waals surface area contributed by atoms with E-state index in [-0.39, 0.29) is 10.3 Å². The van der Waals surface area contributed by atoms with Crippen LogP contribution in [-0.4, -0.2) is 24.4 Å². The quantitative estimate of drug-likeness (QED) is 0.510. The van der Waals surface area contributed by atoms with Crippen molar-refractivity contribution in [3.63, 3.8) is 0 Å². The molecule has 0 N–H and O–H groups in total. The van der Waals surface area contributed by atoms with E-state index in [1.54, 1.807) is 14.1 Å². The maximum absolute atomic E-state index is 5.40. The molecule has 0 aromatic carbocycles. The molecule has 0 radical (unpaired) electrons. The summed E-state index contributed by atoms with van der Waals surface area (Å²) in [7, 11) is 3.10. The smallest absolute Gasteiger partial charge is 0.160 e. The molecule has 8 heavy (non-hydrogen) atoms. The Bertz CT molecular complexity index is 112. The van der Waals surface area contributed by atoms with E-state index in [4.69, 9.17) is 23.2 Å². The summed E-state index contributed by atoms with van der Waals surface area (Å²) in [6.45, 7) is 0. The predicted octanol–water partition coefficient (Wildman–Crippen LogP) is 1.52. The molecule has 0 saturated carbocycles. The lowest BCUT2D eigenvalue weighted by Gasteiger charge is -1.86. The van der Waals surface area contributed by atoms with E-state index >= 15 is 0 Å². The second-order valence-electron chi connectivity index (χ2n) is 1.03. The van der Waals surface area contributed by atoms with Gasteiger partial charge in [0.15, 0.2) is 10.3 Å². The van der Waals surface area contributed by atoms with E-state index in [1.165, 1.54) is 0 Å². The van der Waals surface area contributed by atoms with Crippen LogP contribution in [0.1, 0.15) is 0 Å². The van der Waals surface area contributed by atoms with E-state index in [2.05, 4.69) is 9.98 Å². The standard InChI is InChI=1S/C4H6Cl2N2/c1-7-3(5)4(6)8-2/h1-2H3/b7-3+,8-4+. The first-order valence-corrected chi connectivity index (χ1v) is 2.73. The van der Waals surface area contributed by atoms with Gasteiger partial charge in [0.25, 0.3) is 0 Å². The fraction of sp³-hybridized carbons (Fsp3) is 0.500. The zero-order valence-electron chi connectivity index (χ0n) is 4.65. The summed E-state index contributed by atoms with van der Waals surface area (Å²) in [5, 5.41) is 0.489. The second-order valence-corrected chi connectivity index (χ2v) is 1.74. The first kappa shape index (κ1) is 7.92. The highest BCUT2D eigenvalue weighted by Crippen LogP contribution is 1.93. The van der Waals surface area contributed by atoms with Gasteiger partial charge in [0.2, 0.25) is 0 Å². The van der Waals surface area contributed by atoms with E-state index < -0.39 is 0 Å². The lowest BCUT2D eigenvalue weighted by atomic mass is 10.8. The average molecular weight is 153 g/mol. The van der Waals surface area contributed by atoms with Crippen molar-refractivity contribution in [1.82, 2.24) is 0 Å². The maximum atomic E-state index is 5.40. The van der Waals surface area contributed by atoms with Crippen LogP contribution >= 0.6 is 23.2 Å². The number of halogens is 2. The van der Waals surface area contributed by atoms with Crippen molar-refractivity contribution in [2.75, 3.05) is 14.1 Å². The topological polar surface area (TPSA) is 24.7 Å². The van der Waals surface area contributed by atoms with Crippen LogP contribution in [0, 0.1) is 0 Å². The first-order valence-electron chi connectivity index (χ1n) is 1.97. The molecule has 4 heteroatoms. The SMILES string of the molecule is C/N=C(Cl)\C(Cl)=N/C. The van der Waals surface area contributed by atoms with Crippen LogP contribution in [0.5, 0.6) is 0 Å². The maximum Gasteiger partial charge on any atom is 0.160 e. The zero-order valence-corrected chi connectivity index (χ0v) is 6.16. The molecule has 0 aromatic heterocycles. The summed E-state index contributed by atoms with van der Waals surface area (Å²) >= 11 is 10.8. The predicted molar refractivity (Wildman–Crippen MR) is 38.4 cm³/mol. The normalized spacial score (nSPS) is 14.5. The molecule has 0 saturated heterocycles. The third kappa shape index (κ3) is 2.28. The average Bonchev–Trinajstić information content (AvgIpc) is 1.84. The number of hydrogen-bond acceptors (Lipinski definition) is 2. The molecule has 0 bridgehead atoms. The molecule has 0 aromatic rings. The van der Waals surface area contributed by atoms with Gasteiger partial charge in [0.05, 0.1) is 0 Å². The largest absolute Gasteiger partial charge is 0.274 e. The Hall–Kier alpha value is -0.0800. The molecule has 46 valence electrons. The van der Waals surface area contributed by atoms with Crippen LogP contribution in [0.2, 0.25) is 0 Å². The van der Waals surface area contributed by atoms with Crippen molar-refractivity contribution < 1.29 is 0 Å². The molecule has 0 aliphatic carbocycles. The van der Waals surface area contributed by atoms with E-state index in [0.717, 1.165) is 0 Å². The molecule has 0 unspecified atom stereocenters. The van der Waals surface area contributed by atoms with Gasteiger partial charge < -0.3 is 0 Å². The van der Waals surface area contributed by atoms with Gasteiger partial charge >= 0.3 is 0 Å². The molecule has 0 aliphatic rings. The van der Waals surface area contributed by atoms with Crippen molar-refractivity contribution >= 4 is 33.5 Å². The minimum absolute atomic E-state index is 0.245. The van der Waals surface area contributed by atoms with Crippen molar-refractivity contribution in [3.8, 4) is 0 Å². The van der Waals surface area contributed by atoms with Crippen molar-refractivity contribution in [2.45, 2.75) is 0 Å². The van der Waals surface area contributed by atoms with Crippen LogP contribution < -0.4 is 0 Å². The molecule has 0 fully saturated rings. The van der Waals surface area contributed by atoms with Gasteiger partial charge in [-0.25, -0.2) is 0 Å². The molecule has 0 amide bonds. The van der Waals surface area contributed by atoms with E-state index in [1.807, 2.05) is 0 Å². The monoisotopic (exact) mass is 152 g/mol. The number of rotatable bonds is 1. The summed E-state index contributed by atoms with van der Waals surface area (Å²) in [4.78, 5) is 7.16. The summed E-state index contributed by atoms with van der Waals surface area (Å²) in [6.07, 6.45) is 0. The number of hydrogen-bond donors (Lipinski definition) is 0. The molecule has 0 rings (SSSR count). The summed E-state index contributed by atoms with van der Waals surface area (Å²) in [6, 6.07) is 0. The minimum Gasteiger partial charge on any atom is -0.274 e. The lowest BCUT2D eigenvalue weighted by Crippen LogP contribution is -1.97. The fourth-order valence-corrected chi connectivity index (χ4v) is 0.354. The summed E-state index contributed by atoms with van der Waals surface area (Å²) in [5.74, 6) is 0. The Morgan fingerprint density at radius 3 is 1.38 bits per heavy atom. The van der Waals surface area contributed by atoms with Gasteiger partial charge in [0.1, 0.15) is 0 Å². The van der Waals surface area contributed by atoms with Crippen LogP contribution in [0.4, 0.5) is 0 Å². The highest BCUT2D eigenvalue weighted by molar-refractivity contribution is 7.00. The second kappa shape index (κ2) is 3.87. The van der Waals surface area contributed by atoms with Crippen LogP contribution in [-0.2, 0) is 0 Å². The lowest BCUT2D eigenvalue weighted by molar-refractivity contribution is 1.45. The van der Waals surface area contributed by atoms with Gasteiger partial charge in [-0.05, 0) is 0 Å². The third-order valence-electron chi connectivity index (χ3n) is 0.563. The fourth-order valence-electron chi connectivity index (χ4n) is 0.185. The van der Waals surface area contributed by atoms with Crippen LogP contribution in [0.15, 0.2) is 9.98 Å². The van der Waals surface area contributed by atoms with E-state index in [0.29, 0.717) is 0 Å². The molecule has 0 heterocycles.